The Bertz CT molecular complexity index is 722. The van der Waals surface area contributed by atoms with Crippen LogP contribution in [0.3, 0.4) is 0 Å². The molecule has 1 N–H and O–H groups in total. The second-order valence-corrected chi connectivity index (χ2v) is 6.38. The number of hydrogen-bond donors (Lipinski definition) is 1. The number of benzene rings is 2. The van der Waals surface area contributed by atoms with E-state index in [9.17, 15) is 13.6 Å². The first-order valence-electron chi connectivity index (χ1n) is 7.50. The molecule has 0 aromatic heterocycles. The second kappa shape index (κ2) is 8.68. The van der Waals surface area contributed by atoms with Crippen LogP contribution in [0.5, 0.6) is 5.75 Å². The Kier molecular flexibility index (Phi) is 6.61. The van der Waals surface area contributed by atoms with Crippen LogP contribution in [-0.4, -0.2) is 24.8 Å². The molecular formula is C18H19F2NO2S. The van der Waals surface area contributed by atoms with Crippen molar-refractivity contribution < 1.29 is 18.3 Å². The molecule has 0 heterocycles. The smallest absolute Gasteiger partial charge is 0.230 e. The van der Waals surface area contributed by atoms with E-state index in [0.717, 1.165) is 35.2 Å². The second-order valence-electron chi connectivity index (χ2n) is 5.33. The van der Waals surface area contributed by atoms with Gasteiger partial charge in [0.1, 0.15) is 12.4 Å². The van der Waals surface area contributed by atoms with Gasteiger partial charge in [0.2, 0.25) is 5.91 Å². The van der Waals surface area contributed by atoms with Crippen molar-refractivity contribution in [3.05, 3.63) is 59.2 Å². The van der Waals surface area contributed by atoms with Gasteiger partial charge in [-0.25, -0.2) is 8.78 Å². The van der Waals surface area contributed by atoms with E-state index >= 15 is 0 Å². The van der Waals surface area contributed by atoms with E-state index in [1.54, 1.807) is 0 Å². The lowest BCUT2D eigenvalue weighted by atomic mass is 10.1. The highest BCUT2D eigenvalue weighted by Crippen LogP contribution is 2.20. The predicted molar refractivity (Wildman–Crippen MR) is 91.5 cm³/mol. The largest absolute Gasteiger partial charge is 0.491 e. The number of thioether (sulfide) groups is 1. The van der Waals surface area contributed by atoms with Crippen LogP contribution in [0.1, 0.15) is 11.1 Å². The average Bonchev–Trinajstić information content (AvgIpc) is 2.54. The topological polar surface area (TPSA) is 38.3 Å². The number of amides is 1. The van der Waals surface area contributed by atoms with Crippen LogP contribution < -0.4 is 10.1 Å². The van der Waals surface area contributed by atoms with Crippen molar-refractivity contribution >= 4 is 17.7 Å². The van der Waals surface area contributed by atoms with Crippen LogP contribution in [0.15, 0.2) is 41.3 Å². The van der Waals surface area contributed by atoms with Crippen molar-refractivity contribution in [1.82, 2.24) is 5.32 Å². The Morgan fingerprint density at radius 3 is 2.62 bits per heavy atom. The summed E-state index contributed by atoms with van der Waals surface area (Å²) >= 11 is 1.15. The van der Waals surface area contributed by atoms with Gasteiger partial charge in [-0.1, -0.05) is 17.7 Å². The fourth-order valence-corrected chi connectivity index (χ4v) is 2.83. The van der Waals surface area contributed by atoms with Crippen molar-refractivity contribution in [3.63, 3.8) is 0 Å². The summed E-state index contributed by atoms with van der Waals surface area (Å²) in [7, 11) is 0. The molecule has 0 aliphatic rings. The van der Waals surface area contributed by atoms with Crippen molar-refractivity contribution in [2.45, 2.75) is 18.7 Å². The van der Waals surface area contributed by atoms with Gasteiger partial charge >= 0.3 is 0 Å². The SMILES string of the molecule is Cc1ccc(OCCNC(=O)CSc2ccc(F)c(F)c2)c(C)c1. The van der Waals surface area contributed by atoms with Gasteiger partial charge in [0.15, 0.2) is 11.6 Å². The molecule has 0 saturated heterocycles. The van der Waals surface area contributed by atoms with Crippen LogP contribution in [0, 0.1) is 25.5 Å². The molecule has 0 bridgehead atoms. The van der Waals surface area contributed by atoms with E-state index < -0.39 is 11.6 Å². The maximum Gasteiger partial charge on any atom is 0.230 e. The van der Waals surface area contributed by atoms with Gasteiger partial charge in [-0.15, -0.1) is 11.8 Å². The molecule has 0 radical (unpaired) electrons. The van der Waals surface area contributed by atoms with E-state index in [1.807, 2.05) is 32.0 Å². The lowest BCUT2D eigenvalue weighted by molar-refractivity contribution is -0.118. The van der Waals surface area contributed by atoms with Crippen molar-refractivity contribution in [1.29, 1.82) is 0 Å². The minimum Gasteiger partial charge on any atom is -0.491 e. The zero-order valence-electron chi connectivity index (χ0n) is 13.6. The van der Waals surface area contributed by atoms with Gasteiger partial charge in [-0.05, 0) is 43.7 Å². The summed E-state index contributed by atoms with van der Waals surface area (Å²) in [6.07, 6.45) is 0. The van der Waals surface area contributed by atoms with Crippen LogP contribution in [-0.2, 0) is 4.79 Å². The average molecular weight is 351 g/mol. The van der Waals surface area contributed by atoms with Gasteiger partial charge in [-0.2, -0.15) is 0 Å². The minimum absolute atomic E-state index is 0.134. The van der Waals surface area contributed by atoms with E-state index in [2.05, 4.69) is 5.32 Å². The van der Waals surface area contributed by atoms with E-state index in [-0.39, 0.29) is 11.7 Å². The molecule has 0 spiro atoms. The summed E-state index contributed by atoms with van der Waals surface area (Å²) < 4.78 is 31.5. The summed E-state index contributed by atoms with van der Waals surface area (Å²) in [5.74, 6) is -1.07. The zero-order chi connectivity index (χ0) is 17.5. The lowest BCUT2D eigenvalue weighted by Gasteiger charge is -2.10. The first kappa shape index (κ1) is 18.3. The van der Waals surface area contributed by atoms with E-state index in [0.29, 0.717) is 18.0 Å². The van der Waals surface area contributed by atoms with Crippen LogP contribution >= 0.6 is 11.8 Å². The third-order valence-corrected chi connectivity index (χ3v) is 4.27. The zero-order valence-corrected chi connectivity index (χ0v) is 14.4. The minimum atomic E-state index is -0.915. The molecule has 0 aliphatic heterocycles. The maximum atomic E-state index is 13.1. The predicted octanol–water partition coefficient (Wildman–Crippen LogP) is 3.87. The molecule has 24 heavy (non-hydrogen) atoms. The van der Waals surface area contributed by atoms with Gasteiger partial charge in [-0.3, -0.25) is 4.79 Å². The molecule has 128 valence electrons. The van der Waals surface area contributed by atoms with Crippen molar-refractivity contribution in [3.8, 4) is 5.75 Å². The summed E-state index contributed by atoms with van der Waals surface area (Å²) in [4.78, 5) is 12.2. The Balaban J connectivity index is 1.68. The molecular weight excluding hydrogens is 332 g/mol. The summed E-state index contributed by atoms with van der Waals surface area (Å²) in [6, 6.07) is 9.49. The Hall–Kier alpha value is -2.08. The number of ether oxygens (including phenoxy) is 1. The molecule has 2 rings (SSSR count). The van der Waals surface area contributed by atoms with Crippen LogP contribution in [0.4, 0.5) is 8.78 Å². The van der Waals surface area contributed by atoms with Crippen molar-refractivity contribution in [2.75, 3.05) is 18.9 Å². The third-order valence-electron chi connectivity index (χ3n) is 3.27. The number of rotatable bonds is 7. The van der Waals surface area contributed by atoms with Gasteiger partial charge in [0, 0.05) is 4.90 Å². The van der Waals surface area contributed by atoms with Gasteiger partial charge in [0.25, 0.3) is 0 Å². The van der Waals surface area contributed by atoms with E-state index in [1.165, 1.54) is 11.6 Å². The Morgan fingerprint density at radius 1 is 1.12 bits per heavy atom. The van der Waals surface area contributed by atoms with E-state index in [4.69, 9.17) is 4.74 Å². The summed E-state index contributed by atoms with van der Waals surface area (Å²) in [5.41, 5.74) is 2.22. The number of halogens is 2. The highest BCUT2D eigenvalue weighted by atomic mass is 32.2. The standard InChI is InChI=1S/C18H19F2NO2S/c1-12-3-6-17(13(2)9-12)23-8-7-21-18(22)11-24-14-4-5-15(19)16(20)10-14/h3-6,9-10H,7-8,11H2,1-2H3,(H,21,22). The number of carbonyl (C=O) groups excluding carboxylic acids is 1. The lowest BCUT2D eigenvalue weighted by Crippen LogP contribution is -2.29. The third kappa shape index (κ3) is 5.53. The first-order valence-corrected chi connectivity index (χ1v) is 8.49. The first-order chi connectivity index (χ1) is 11.5. The van der Waals surface area contributed by atoms with Gasteiger partial charge < -0.3 is 10.1 Å². The molecule has 0 atom stereocenters. The highest BCUT2D eigenvalue weighted by molar-refractivity contribution is 8.00. The number of carbonyl (C=O) groups is 1. The molecule has 0 fully saturated rings. The monoisotopic (exact) mass is 351 g/mol. The molecule has 3 nitrogen and oxygen atoms in total. The highest BCUT2D eigenvalue weighted by Gasteiger charge is 2.06. The summed E-state index contributed by atoms with van der Waals surface area (Å²) in [6.45, 7) is 4.73. The Morgan fingerprint density at radius 2 is 1.92 bits per heavy atom. The maximum absolute atomic E-state index is 13.1. The molecule has 0 unspecified atom stereocenters. The molecule has 2 aromatic carbocycles. The normalized spacial score (nSPS) is 10.5. The number of nitrogens with one attached hydrogen (secondary N) is 1. The number of hydrogen-bond acceptors (Lipinski definition) is 3. The quantitative estimate of drug-likeness (QED) is 0.608. The molecule has 6 heteroatoms. The van der Waals surface area contributed by atoms with Crippen LogP contribution in [0.25, 0.3) is 0 Å². The molecule has 2 aromatic rings. The molecule has 1 amide bonds. The fraction of sp³-hybridized carbons (Fsp3) is 0.278. The molecule has 0 aliphatic carbocycles. The molecule has 0 saturated carbocycles. The Labute approximate surface area is 144 Å². The van der Waals surface area contributed by atoms with Crippen molar-refractivity contribution in [2.24, 2.45) is 0 Å². The number of aryl methyl sites for hydroxylation is 2. The summed E-state index contributed by atoms with van der Waals surface area (Å²) in [5, 5.41) is 2.73. The fourth-order valence-electron chi connectivity index (χ4n) is 2.08. The van der Waals surface area contributed by atoms with Gasteiger partial charge in [0.05, 0.1) is 12.3 Å². The van der Waals surface area contributed by atoms with Crippen LogP contribution in [0.2, 0.25) is 0 Å².